The smallest absolute Gasteiger partial charge is 0.134 e. The lowest BCUT2D eigenvalue weighted by atomic mass is 10.3. The van der Waals surface area contributed by atoms with Crippen LogP contribution in [0.4, 0.5) is 5.69 Å². The highest BCUT2D eigenvalue weighted by Gasteiger charge is 2.12. The Morgan fingerprint density at radius 1 is 1.39 bits per heavy atom. The number of ether oxygens (including phenoxy) is 1. The molecular formula is C13H16BrN3O. The average molecular weight is 310 g/mol. The molecule has 0 atom stereocenters. The molecule has 0 aliphatic heterocycles. The molecule has 1 heterocycles. The number of nitrogen functional groups attached to an aromatic ring is 1. The van der Waals surface area contributed by atoms with Gasteiger partial charge in [-0.05, 0) is 41.9 Å². The van der Waals surface area contributed by atoms with E-state index in [0.29, 0.717) is 12.3 Å². The van der Waals surface area contributed by atoms with Gasteiger partial charge >= 0.3 is 0 Å². The number of hydrogen-bond donors (Lipinski definition) is 1. The number of aromatic nitrogens is 2. The molecule has 1 aromatic carbocycles. The fourth-order valence-electron chi connectivity index (χ4n) is 1.70. The summed E-state index contributed by atoms with van der Waals surface area (Å²) in [6, 6.07) is 8.00. The Kier molecular flexibility index (Phi) is 3.91. The van der Waals surface area contributed by atoms with Crippen LogP contribution in [0.5, 0.6) is 5.75 Å². The van der Waals surface area contributed by atoms with E-state index in [9.17, 15) is 0 Å². The van der Waals surface area contributed by atoms with E-state index in [1.165, 1.54) is 0 Å². The number of halogens is 1. The zero-order valence-electron chi connectivity index (χ0n) is 10.4. The number of hydrogen-bond acceptors (Lipinski definition) is 3. The van der Waals surface area contributed by atoms with Gasteiger partial charge in [-0.2, -0.15) is 5.10 Å². The lowest BCUT2D eigenvalue weighted by Gasteiger charge is -2.13. The van der Waals surface area contributed by atoms with Crippen LogP contribution in [0.15, 0.2) is 34.9 Å². The maximum Gasteiger partial charge on any atom is 0.134 e. The summed E-state index contributed by atoms with van der Waals surface area (Å²) >= 11 is 3.45. The number of nitrogens with two attached hydrogens (primary N) is 1. The van der Waals surface area contributed by atoms with Crippen molar-refractivity contribution in [2.75, 3.05) is 5.73 Å². The van der Waals surface area contributed by atoms with E-state index in [0.717, 1.165) is 15.9 Å². The molecule has 2 aromatic rings. The van der Waals surface area contributed by atoms with Gasteiger partial charge in [0.25, 0.3) is 0 Å². The minimum Gasteiger partial charge on any atom is -0.486 e. The number of para-hydroxylation sites is 1. The van der Waals surface area contributed by atoms with E-state index < -0.39 is 0 Å². The summed E-state index contributed by atoms with van der Waals surface area (Å²) in [4.78, 5) is 0. The number of benzene rings is 1. The van der Waals surface area contributed by atoms with Crippen molar-refractivity contribution >= 4 is 21.6 Å². The van der Waals surface area contributed by atoms with Crippen LogP contribution in [0, 0.1) is 0 Å². The second-order valence-corrected chi connectivity index (χ2v) is 5.16. The number of rotatable bonds is 4. The van der Waals surface area contributed by atoms with E-state index in [1.54, 1.807) is 6.20 Å². The third-order valence-electron chi connectivity index (χ3n) is 2.62. The normalized spacial score (nSPS) is 10.9. The highest BCUT2D eigenvalue weighted by molar-refractivity contribution is 9.10. The van der Waals surface area contributed by atoms with Crippen LogP contribution in [0.1, 0.15) is 25.6 Å². The minimum atomic E-state index is 0.264. The number of anilines is 1. The van der Waals surface area contributed by atoms with Crippen molar-refractivity contribution in [2.45, 2.75) is 26.5 Å². The lowest BCUT2D eigenvalue weighted by molar-refractivity contribution is 0.287. The van der Waals surface area contributed by atoms with Gasteiger partial charge < -0.3 is 10.5 Å². The Labute approximate surface area is 115 Å². The van der Waals surface area contributed by atoms with Crippen molar-refractivity contribution in [1.82, 2.24) is 9.78 Å². The van der Waals surface area contributed by atoms with Crippen LogP contribution in [0.2, 0.25) is 0 Å². The van der Waals surface area contributed by atoms with Gasteiger partial charge in [0.1, 0.15) is 12.4 Å². The molecule has 2 N–H and O–H groups in total. The van der Waals surface area contributed by atoms with E-state index in [2.05, 4.69) is 34.9 Å². The van der Waals surface area contributed by atoms with Crippen LogP contribution < -0.4 is 10.5 Å². The molecule has 0 bridgehead atoms. The molecule has 0 aliphatic carbocycles. The molecule has 0 saturated heterocycles. The van der Waals surface area contributed by atoms with E-state index >= 15 is 0 Å². The van der Waals surface area contributed by atoms with Gasteiger partial charge in [0.15, 0.2) is 0 Å². The molecule has 0 aliphatic rings. The molecule has 2 rings (SSSR count). The zero-order valence-corrected chi connectivity index (χ0v) is 12.0. The Balaban J connectivity index is 2.16. The van der Waals surface area contributed by atoms with Gasteiger partial charge in [-0.15, -0.1) is 0 Å². The Hall–Kier alpha value is -1.49. The summed E-state index contributed by atoms with van der Waals surface area (Å²) in [5.41, 5.74) is 7.47. The molecule has 0 saturated carbocycles. The molecule has 1 aromatic heterocycles. The second-order valence-electron chi connectivity index (χ2n) is 4.30. The molecule has 0 amide bonds. The summed E-state index contributed by atoms with van der Waals surface area (Å²) in [5.74, 6) is 0.799. The summed E-state index contributed by atoms with van der Waals surface area (Å²) in [5, 5.41) is 4.25. The number of nitrogens with zero attached hydrogens (tertiary/aromatic N) is 2. The van der Waals surface area contributed by atoms with Gasteiger partial charge in [0, 0.05) is 6.04 Å². The van der Waals surface area contributed by atoms with E-state index in [4.69, 9.17) is 10.5 Å². The summed E-state index contributed by atoms with van der Waals surface area (Å²) in [6.45, 7) is 4.54. The van der Waals surface area contributed by atoms with E-state index in [-0.39, 0.29) is 6.04 Å². The highest BCUT2D eigenvalue weighted by Crippen LogP contribution is 2.26. The van der Waals surface area contributed by atoms with Gasteiger partial charge in [-0.3, -0.25) is 4.68 Å². The first-order chi connectivity index (χ1) is 8.59. The van der Waals surface area contributed by atoms with Gasteiger partial charge in [-0.25, -0.2) is 0 Å². The van der Waals surface area contributed by atoms with Crippen LogP contribution in [-0.4, -0.2) is 9.78 Å². The fraction of sp³-hybridized carbons (Fsp3) is 0.308. The first kappa shape index (κ1) is 13.0. The Morgan fingerprint density at radius 2 is 2.11 bits per heavy atom. The van der Waals surface area contributed by atoms with Crippen molar-refractivity contribution < 1.29 is 4.74 Å². The zero-order chi connectivity index (χ0) is 13.1. The van der Waals surface area contributed by atoms with Gasteiger partial charge in [-0.1, -0.05) is 12.1 Å². The molecule has 96 valence electrons. The second kappa shape index (κ2) is 5.44. The van der Waals surface area contributed by atoms with Gasteiger partial charge in [0.2, 0.25) is 0 Å². The first-order valence-electron chi connectivity index (χ1n) is 5.78. The predicted octanol–water partition coefficient (Wildman–Crippen LogP) is 3.39. The molecular weight excluding hydrogens is 294 g/mol. The standard InChI is InChI=1S/C13H16BrN3O/c1-9(2)17-12(11(15)7-16-17)8-18-13-6-4-3-5-10(13)14/h3-7,9H,8,15H2,1-2H3. The summed E-state index contributed by atoms with van der Waals surface area (Å²) in [6.07, 6.45) is 1.67. The quantitative estimate of drug-likeness (QED) is 0.942. The van der Waals surface area contributed by atoms with Crippen LogP contribution in [0.3, 0.4) is 0 Å². The van der Waals surface area contributed by atoms with Crippen molar-refractivity contribution in [3.63, 3.8) is 0 Å². The molecule has 0 fully saturated rings. The van der Waals surface area contributed by atoms with Crippen LogP contribution in [-0.2, 0) is 6.61 Å². The summed E-state index contributed by atoms with van der Waals surface area (Å²) < 4.78 is 8.58. The highest BCUT2D eigenvalue weighted by atomic mass is 79.9. The molecule has 18 heavy (non-hydrogen) atoms. The predicted molar refractivity (Wildman–Crippen MR) is 75.5 cm³/mol. The van der Waals surface area contributed by atoms with Crippen molar-refractivity contribution in [3.8, 4) is 5.75 Å². The summed E-state index contributed by atoms with van der Waals surface area (Å²) in [7, 11) is 0. The molecule has 4 nitrogen and oxygen atoms in total. The average Bonchev–Trinajstić information content (AvgIpc) is 2.70. The lowest BCUT2D eigenvalue weighted by Crippen LogP contribution is -2.11. The van der Waals surface area contributed by atoms with Crippen LogP contribution >= 0.6 is 15.9 Å². The van der Waals surface area contributed by atoms with Crippen molar-refractivity contribution in [1.29, 1.82) is 0 Å². The van der Waals surface area contributed by atoms with Crippen molar-refractivity contribution in [2.24, 2.45) is 0 Å². The van der Waals surface area contributed by atoms with Gasteiger partial charge in [0.05, 0.1) is 22.1 Å². The molecule has 5 heteroatoms. The molecule has 0 spiro atoms. The van der Waals surface area contributed by atoms with Crippen LogP contribution in [0.25, 0.3) is 0 Å². The Morgan fingerprint density at radius 3 is 2.78 bits per heavy atom. The maximum absolute atomic E-state index is 5.91. The molecule has 0 unspecified atom stereocenters. The van der Waals surface area contributed by atoms with E-state index in [1.807, 2.05) is 28.9 Å². The third kappa shape index (κ3) is 2.67. The Bertz CT molecular complexity index is 537. The SMILES string of the molecule is CC(C)n1ncc(N)c1COc1ccccc1Br. The largest absolute Gasteiger partial charge is 0.486 e. The minimum absolute atomic E-state index is 0.264. The first-order valence-corrected chi connectivity index (χ1v) is 6.58. The maximum atomic E-state index is 5.91. The third-order valence-corrected chi connectivity index (χ3v) is 3.28. The fourth-order valence-corrected chi connectivity index (χ4v) is 2.10. The monoisotopic (exact) mass is 309 g/mol. The van der Waals surface area contributed by atoms with Crippen molar-refractivity contribution in [3.05, 3.63) is 40.6 Å². The molecule has 0 radical (unpaired) electrons. The topological polar surface area (TPSA) is 53.1 Å².